The molecule has 1 N–H and O–H groups in total. The first-order valence-electron chi connectivity index (χ1n) is 7.84. The maximum Gasteiger partial charge on any atom is 0.0353 e. The van der Waals surface area contributed by atoms with Crippen LogP contribution in [-0.2, 0) is 0 Å². The van der Waals surface area contributed by atoms with Gasteiger partial charge >= 0.3 is 0 Å². The molecule has 1 heteroatoms. The van der Waals surface area contributed by atoms with E-state index < -0.39 is 0 Å². The van der Waals surface area contributed by atoms with Gasteiger partial charge in [0.05, 0.1) is 0 Å². The minimum atomic E-state index is 0.453. The third-order valence-corrected chi connectivity index (χ3v) is 4.82. The van der Waals surface area contributed by atoms with E-state index in [4.69, 9.17) is 0 Å². The molecule has 2 unspecified atom stereocenters. The summed E-state index contributed by atoms with van der Waals surface area (Å²) in [6, 6.07) is 9.56. The average molecular weight is 259 g/mol. The Labute approximate surface area is 118 Å². The molecule has 0 spiro atoms. The third-order valence-electron chi connectivity index (χ3n) is 4.82. The fourth-order valence-corrected chi connectivity index (χ4v) is 3.71. The van der Waals surface area contributed by atoms with Crippen LogP contribution in [0.3, 0.4) is 0 Å². The normalized spacial score (nSPS) is 24.1. The second-order valence-corrected chi connectivity index (χ2v) is 6.79. The average Bonchev–Trinajstić information content (AvgIpc) is 2.36. The van der Waals surface area contributed by atoms with Crippen LogP contribution in [0.5, 0.6) is 0 Å². The van der Waals surface area contributed by atoms with Crippen molar-refractivity contribution in [3.63, 3.8) is 0 Å². The standard InChI is InChI=1S/C18H29N/c1-5-19-17(15-10-8-9-14(2)13-15)16-11-6-7-12-18(16,3)4/h8-10,13,16-17,19H,5-7,11-12H2,1-4H3. The van der Waals surface area contributed by atoms with E-state index >= 15 is 0 Å². The molecule has 1 nitrogen and oxygen atoms in total. The van der Waals surface area contributed by atoms with E-state index in [2.05, 4.69) is 57.3 Å². The summed E-state index contributed by atoms with van der Waals surface area (Å²) in [5.41, 5.74) is 3.30. The van der Waals surface area contributed by atoms with Gasteiger partial charge in [0.25, 0.3) is 0 Å². The van der Waals surface area contributed by atoms with E-state index in [1.807, 2.05) is 0 Å². The molecule has 1 aromatic carbocycles. The Morgan fingerprint density at radius 2 is 2.11 bits per heavy atom. The van der Waals surface area contributed by atoms with Gasteiger partial charge in [-0.15, -0.1) is 0 Å². The molecule has 0 radical (unpaired) electrons. The van der Waals surface area contributed by atoms with E-state index in [9.17, 15) is 0 Å². The molecule has 106 valence electrons. The van der Waals surface area contributed by atoms with E-state index in [1.54, 1.807) is 0 Å². The van der Waals surface area contributed by atoms with Crippen molar-refractivity contribution in [1.82, 2.24) is 5.32 Å². The monoisotopic (exact) mass is 259 g/mol. The lowest BCUT2D eigenvalue weighted by molar-refractivity contribution is 0.0988. The molecule has 1 saturated carbocycles. The highest BCUT2D eigenvalue weighted by Gasteiger charge is 2.37. The van der Waals surface area contributed by atoms with E-state index in [-0.39, 0.29) is 0 Å². The Kier molecular flexibility index (Phi) is 4.67. The molecule has 1 aliphatic carbocycles. The van der Waals surface area contributed by atoms with Crippen LogP contribution >= 0.6 is 0 Å². The second kappa shape index (κ2) is 6.09. The first-order valence-corrected chi connectivity index (χ1v) is 7.84. The van der Waals surface area contributed by atoms with Crippen LogP contribution in [0.4, 0.5) is 0 Å². The molecule has 0 heterocycles. The molecule has 0 bridgehead atoms. The first kappa shape index (κ1) is 14.6. The van der Waals surface area contributed by atoms with Crippen LogP contribution in [0, 0.1) is 18.3 Å². The summed E-state index contributed by atoms with van der Waals surface area (Å²) in [6.07, 6.45) is 5.52. The Hall–Kier alpha value is -0.820. The lowest BCUT2D eigenvalue weighted by Crippen LogP contribution is -2.39. The Balaban J connectivity index is 2.28. The molecule has 0 amide bonds. The largest absolute Gasteiger partial charge is 0.310 e. The highest BCUT2D eigenvalue weighted by atomic mass is 14.9. The van der Waals surface area contributed by atoms with Crippen LogP contribution in [0.15, 0.2) is 24.3 Å². The van der Waals surface area contributed by atoms with Crippen molar-refractivity contribution in [3.8, 4) is 0 Å². The van der Waals surface area contributed by atoms with Gasteiger partial charge in [0, 0.05) is 6.04 Å². The first-order chi connectivity index (χ1) is 9.04. The lowest BCUT2D eigenvalue weighted by Gasteiger charge is -2.43. The summed E-state index contributed by atoms with van der Waals surface area (Å²) in [4.78, 5) is 0. The summed E-state index contributed by atoms with van der Waals surface area (Å²) in [6.45, 7) is 10.4. The van der Waals surface area contributed by atoms with Crippen molar-refractivity contribution >= 4 is 0 Å². The minimum absolute atomic E-state index is 0.453. The second-order valence-electron chi connectivity index (χ2n) is 6.79. The molecule has 0 aliphatic heterocycles. The van der Waals surface area contributed by atoms with Crippen LogP contribution < -0.4 is 5.32 Å². The van der Waals surface area contributed by atoms with Gasteiger partial charge in [-0.25, -0.2) is 0 Å². The summed E-state index contributed by atoms with van der Waals surface area (Å²) in [7, 11) is 0. The summed E-state index contributed by atoms with van der Waals surface area (Å²) < 4.78 is 0. The smallest absolute Gasteiger partial charge is 0.0353 e. The summed E-state index contributed by atoms with van der Waals surface area (Å²) in [5, 5.41) is 3.75. The van der Waals surface area contributed by atoms with E-state index in [0.717, 1.165) is 12.5 Å². The van der Waals surface area contributed by atoms with Gasteiger partial charge in [-0.2, -0.15) is 0 Å². The van der Waals surface area contributed by atoms with Crippen LogP contribution in [0.1, 0.15) is 63.6 Å². The van der Waals surface area contributed by atoms with Crippen molar-refractivity contribution in [2.45, 2.75) is 59.4 Å². The fourth-order valence-electron chi connectivity index (χ4n) is 3.71. The zero-order valence-electron chi connectivity index (χ0n) is 13.0. The Morgan fingerprint density at radius 1 is 1.32 bits per heavy atom. The third kappa shape index (κ3) is 3.39. The van der Waals surface area contributed by atoms with Crippen LogP contribution in [-0.4, -0.2) is 6.54 Å². The van der Waals surface area contributed by atoms with Crippen LogP contribution in [0.2, 0.25) is 0 Å². The lowest BCUT2D eigenvalue weighted by atomic mass is 9.64. The molecule has 1 aliphatic rings. The van der Waals surface area contributed by atoms with Crippen LogP contribution in [0.25, 0.3) is 0 Å². The van der Waals surface area contributed by atoms with Gasteiger partial charge in [-0.3, -0.25) is 0 Å². The van der Waals surface area contributed by atoms with Gasteiger partial charge in [0.15, 0.2) is 0 Å². The summed E-state index contributed by atoms with van der Waals surface area (Å²) in [5.74, 6) is 0.753. The van der Waals surface area contributed by atoms with Gasteiger partial charge < -0.3 is 5.32 Å². The molecule has 0 saturated heterocycles. The SMILES string of the molecule is CCNC(c1cccc(C)c1)C1CCCCC1(C)C. The van der Waals surface area contributed by atoms with E-state index in [0.29, 0.717) is 11.5 Å². The van der Waals surface area contributed by atoms with Gasteiger partial charge in [0.1, 0.15) is 0 Å². The predicted octanol–water partition coefficient (Wildman–Crippen LogP) is 4.86. The molecule has 1 fully saturated rings. The zero-order chi connectivity index (χ0) is 13.9. The molecular formula is C18H29N. The number of rotatable bonds is 4. The maximum absolute atomic E-state index is 3.75. The van der Waals surface area contributed by atoms with Crippen molar-refractivity contribution in [1.29, 1.82) is 0 Å². The topological polar surface area (TPSA) is 12.0 Å². The van der Waals surface area contributed by atoms with E-state index in [1.165, 1.54) is 36.8 Å². The quantitative estimate of drug-likeness (QED) is 0.814. The number of hydrogen-bond acceptors (Lipinski definition) is 1. The predicted molar refractivity (Wildman–Crippen MR) is 83.3 cm³/mol. The van der Waals surface area contributed by atoms with Crippen molar-refractivity contribution in [2.24, 2.45) is 11.3 Å². The Morgan fingerprint density at radius 3 is 2.74 bits per heavy atom. The highest BCUT2D eigenvalue weighted by Crippen LogP contribution is 2.46. The molecule has 2 atom stereocenters. The van der Waals surface area contributed by atoms with Crippen molar-refractivity contribution in [3.05, 3.63) is 35.4 Å². The minimum Gasteiger partial charge on any atom is -0.310 e. The van der Waals surface area contributed by atoms with Crippen molar-refractivity contribution < 1.29 is 0 Å². The molecule has 2 rings (SSSR count). The molecular weight excluding hydrogens is 230 g/mol. The highest BCUT2D eigenvalue weighted by molar-refractivity contribution is 5.26. The van der Waals surface area contributed by atoms with Crippen molar-refractivity contribution in [2.75, 3.05) is 6.54 Å². The molecule has 19 heavy (non-hydrogen) atoms. The molecule has 0 aromatic heterocycles. The Bertz CT molecular complexity index is 408. The fraction of sp³-hybridized carbons (Fsp3) is 0.667. The zero-order valence-corrected chi connectivity index (χ0v) is 13.0. The molecule has 1 aromatic rings. The maximum atomic E-state index is 3.75. The summed E-state index contributed by atoms with van der Waals surface area (Å²) >= 11 is 0. The number of benzene rings is 1. The van der Waals surface area contributed by atoms with Gasteiger partial charge in [-0.05, 0) is 43.2 Å². The van der Waals surface area contributed by atoms with Gasteiger partial charge in [-0.1, -0.05) is 63.4 Å². The number of hydrogen-bond donors (Lipinski definition) is 1. The van der Waals surface area contributed by atoms with Gasteiger partial charge in [0.2, 0.25) is 0 Å². The number of nitrogens with one attached hydrogen (secondary N) is 1. The number of aryl methyl sites for hydroxylation is 1.